The van der Waals surface area contributed by atoms with Crippen LogP contribution >= 0.6 is 15.9 Å². The molecule has 2 atom stereocenters. The van der Waals surface area contributed by atoms with Gasteiger partial charge in [-0.2, -0.15) is 0 Å². The lowest BCUT2D eigenvalue weighted by molar-refractivity contribution is -0.686. The number of nitrogens with two attached hydrogens (primary N) is 1. The average molecular weight is 376 g/mol. The summed E-state index contributed by atoms with van der Waals surface area (Å²) in [5, 5.41) is 5.17. The van der Waals surface area contributed by atoms with Crippen LogP contribution in [-0.4, -0.2) is 12.5 Å². The highest BCUT2D eigenvalue weighted by Gasteiger charge is 2.16. The fourth-order valence-corrected chi connectivity index (χ4v) is 2.89. The number of hydrogen-bond acceptors (Lipinski definition) is 1. The van der Waals surface area contributed by atoms with Gasteiger partial charge in [-0.3, -0.25) is 4.79 Å². The van der Waals surface area contributed by atoms with Crippen LogP contribution < -0.4 is 10.6 Å². The Morgan fingerprint density at radius 2 is 1.74 bits per heavy atom. The highest BCUT2D eigenvalue weighted by molar-refractivity contribution is 9.10. The van der Waals surface area contributed by atoms with Gasteiger partial charge >= 0.3 is 0 Å². The Morgan fingerprint density at radius 3 is 2.35 bits per heavy atom. The first-order valence-electron chi connectivity index (χ1n) is 8.03. The molecule has 2 rings (SSSR count). The van der Waals surface area contributed by atoms with Gasteiger partial charge in [-0.15, -0.1) is 0 Å². The summed E-state index contributed by atoms with van der Waals surface area (Å²) in [6.45, 7) is 4.60. The molecule has 0 aliphatic rings. The summed E-state index contributed by atoms with van der Waals surface area (Å²) in [5.74, 6) is 0.0666. The van der Waals surface area contributed by atoms with Crippen molar-refractivity contribution in [2.45, 2.75) is 32.4 Å². The van der Waals surface area contributed by atoms with E-state index in [9.17, 15) is 4.79 Å². The van der Waals surface area contributed by atoms with Gasteiger partial charge in [-0.05, 0) is 24.6 Å². The predicted octanol–water partition coefficient (Wildman–Crippen LogP) is 3.34. The lowest BCUT2D eigenvalue weighted by Gasteiger charge is -2.17. The SMILES string of the molecule is CC[C@@H]([NH2+]CC(=O)N[C@H](C)c1ccccc1)c1ccc(Br)cc1. The largest absolute Gasteiger partial charge is 0.345 e. The molecule has 0 heterocycles. The minimum Gasteiger partial charge on any atom is -0.345 e. The van der Waals surface area contributed by atoms with Crippen molar-refractivity contribution in [3.63, 3.8) is 0 Å². The monoisotopic (exact) mass is 375 g/mol. The molecule has 23 heavy (non-hydrogen) atoms. The normalized spacial score (nSPS) is 13.3. The van der Waals surface area contributed by atoms with Gasteiger partial charge in [0, 0.05) is 16.5 Å². The summed E-state index contributed by atoms with van der Waals surface area (Å²) < 4.78 is 1.07. The van der Waals surface area contributed by atoms with E-state index in [4.69, 9.17) is 0 Å². The second kappa shape index (κ2) is 8.85. The number of hydrogen-bond donors (Lipinski definition) is 2. The van der Waals surface area contributed by atoms with Crippen molar-refractivity contribution in [3.8, 4) is 0 Å². The van der Waals surface area contributed by atoms with Crippen molar-refractivity contribution in [1.82, 2.24) is 5.32 Å². The van der Waals surface area contributed by atoms with Crippen molar-refractivity contribution in [2.24, 2.45) is 0 Å². The van der Waals surface area contributed by atoms with Crippen LogP contribution in [0.5, 0.6) is 0 Å². The second-order valence-corrected chi connectivity index (χ2v) is 6.62. The fourth-order valence-electron chi connectivity index (χ4n) is 2.62. The predicted molar refractivity (Wildman–Crippen MR) is 97.0 cm³/mol. The van der Waals surface area contributed by atoms with Crippen LogP contribution in [0.15, 0.2) is 59.1 Å². The first kappa shape index (κ1) is 17.7. The zero-order valence-electron chi connectivity index (χ0n) is 13.6. The first-order valence-corrected chi connectivity index (χ1v) is 8.82. The van der Waals surface area contributed by atoms with Crippen LogP contribution in [0.25, 0.3) is 0 Å². The van der Waals surface area contributed by atoms with Gasteiger partial charge in [-0.25, -0.2) is 0 Å². The molecule has 0 bridgehead atoms. The van der Waals surface area contributed by atoms with E-state index in [0.717, 1.165) is 16.5 Å². The minimum atomic E-state index is 0.0323. The topological polar surface area (TPSA) is 45.7 Å². The van der Waals surface area contributed by atoms with Gasteiger partial charge in [0.1, 0.15) is 6.04 Å². The van der Waals surface area contributed by atoms with Crippen molar-refractivity contribution >= 4 is 21.8 Å². The number of nitrogens with one attached hydrogen (secondary N) is 1. The number of carbonyl (C=O) groups excluding carboxylic acids is 1. The Bertz CT molecular complexity index is 613. The Morgan fingerprint density at radius 1 is 1.09 bits per heavy atom. The maximum absolute atomic E-state index is 12.2. The molecule has 3 N–H and O–H groups in total. The summed E-state index contributed by atoms with van der Waals surface area (Å²) in [6, 6.07) is 18.7. The lowest BCUT2D eigenvalue weighted by Crippen LogP contribution is -2.87. The second-order valence-electron chi connectivity index (χ2n) is 5.71. The molecule has 2 aromatic carbocycles. The molecular formula is C19H24BrN2O+. The molecule has 0 spiro atoms. The Kier molecular flexibility index (Phi) is 6.81. The van der Waals surface area contributed by atoms with Crippen LogP contribution in [0.2, 0.25) is 0 Å². The third-order valence-corrected chi connectivity index (χ3v) is 4.53. The van der Waals surface area contributed by atoms with Crippen molar-refractivity contribution in [2.75, 3.05) is 6.54 Å². The van der Waals surface area contributed by atoms with Gasteiger partial charge in [0.15, 0.2) is 6.54 Å². The van der Waals surface area contributed by atoms with Crippen molar-refractivity contribution < 1.29 is 10.1 Å². The molecule has 0 fully saturated rings. The molecule has 0 aliphatic heterocycles. The van der Waals surface area contributed by atoms with Crippen LogP contribution in [0.3, 0.4) is 0 Å². The Balaban J connectivity index is 1.86. The van der Waals surface area contributed by atoms with E-state index in [1.165, 1.54) is 5.56 Å². The molecule has 0 aliphatic carbocycles. The van der Waals surface area contributed by atoms with Gasteiger partial charge < -0.3 is 10.6 Å². The lowest BCUT2D eigenvalue weighted by atomic mass is 10.0. The standard InChI is InChI=1S/C19H23BrN2O/c1-3-18(16-9-11-17(20)12-10-16)21-13-19(23)22-14(2)15-7-5-4-6-8-15/h4-12,14,18,21H,3,13H2,1-2H3,(H,22,23)/p+1/t14-,18-/m1/s1. The van der Waals surface area contributed by atoms with E-state index < -0.39 is 0 Å². The maximum atomic E-state index is 12.2. The molecule has 122 valence electrons. The summed E-state index contributed by atoms with van der Waals surface area (Å²) in [6.07, 6.45) is 0.989. The quantitative estimate of drug-likeness (QED) is 0.765. The third-order valence-electron chi connectivity index (χ3n) is 4.00. The first-order chi connectivity index (χ1) is 11.1. The molecule has 0 saturated heterocycles. The number of rotatable bonds is 7. The fraction of sp³-hybridized carbons (Fsp3) is 0.316. The van der Waals surface area contributed by atoms with Crippen molar-refractivity contribution in [3.05, 3.63) is 70.2 Å². The van der Waals surface area contributed by atoms with Crippen LogP contribution in [0.1, 0.15) is 43.5 Å². The average Bonchev–Trinajstić information content (AvgIpc) is 2.57. The number of benzene rings is 2. The summed E-state index contributed by atoms with van der Waals surface area (Å²) in [7, 11) is 0. The van der Waals surface area contributed by atoms with Gasteiger partial charge in [-0.1, -0.05) is 65.3 Å². The molecule has 0 aromatic heterocycles. The highest BCUT2D eigenvalue weighted by atomic mass is 79.9. The molecule has 0 radical (unpaired) electrons. The summed E-state index contributed by atoms with van der Waals surface area (Å²) in [4.78, 5) is 12.2. The summed E-state index contributed by atoms with van der Waals surface area (Å²) in [5.41, 5.74) is 2.38. The van der Waals surface area contributed by atoms with Crippen molar-refractivity contribution in [1.29, 1.82) is 0 Å². The zero-order chi connectivity index (χ0) is 16.7. The van der Waals surface area contributed by atoms with Crippen LogP contribution in [0.4, 0.5) is 0 Å². The third kappa shape index (κ3) is 5.48. The zero-order valence-corrected chi connectivity index (χ0v) is 15.2. The number of halogens is 1. The van der Waals surface area contributed by atoms with E-state index in [0.29, 0.717) is 12.6 Å². The number of quaternary nitrogens is 1. The van der Waals surface area contributed by atoms with E-state index in [2.05, 4.69) is 45.6 Å². The van der Waals surface area contributed by atoms with E-state index >= 15 is 0 Å². The Hall–Kier alpha value is -1.65. The summed E-state index contributed by atoms with van der Waals surface area (Å²) >= 11 is 3.45. The van der Waals surface area contributed by atoms with Crippen LogP contribution in [0, 0.1) is 0 Å². The van der Waals surface area contributed by atoms with Gasteiger partial charge in [0.05, 0.1) is 6.04 Å². The molecule has 3 nitrogen and oxygen atoms in total. The molecule has 1 amide bonds. The molecule has 0 unspecified atom stereocenters. The van der Waals surface area contributed by atoms with Gasteiger partial charge in [0.25, 0.3) is 5.91 Å². The van der Waals surface area contributed by atoms with Gasteiger partial charge in [0.2, 0.25) is 0 Å². The van der Waals surface area contributed by atoms with E-state index in [1.54, 1.807) is 0 Å². The van der Waals surface area contributed by atoms with E-state index in [1.807, 2.05) is 49.4 Å². The molecule has 4 heteroatoms. The Labute approximate surface area is 146 Å². The highest BCUT2D eigenvalue weighted by Crippen LogP contribution is 2.16. The number of carbonyl (C=O) groups is 1. The van der Waals surface area contributed by atoms with Crippen LogP contribution in [-0.2, 0) is 4.79 Å². The van der Waals surface area contributed by atoms with E-state index in [-0.39, 0.29) is 11.9 Å². The number of amides is 1. The maximum Gasteiger partial charge on any atom is 0.275 e. The smallest absolute Gasteiger partial charge is 0.275 e. The molecular weight excluding hydrogens is 352 g/mol. The minimum absolute atomic E-state index is 0.0323. The molecule has 0 saturated carbocycles. The molecule has 2 aromatic rings.